The SMILES string of the molecule is CC(C)(CNCCN)c1ccc(Cl)cc1Cl. The monoisotopic (exact) mass is 260 g/mol. The van der Waals surface area contributed by atoms with E-state index in [1.54, 1.807) is 6.07 Å². The third-order valence-electron chi connectivity index (χ3n) is 2.55. The van der Waals surface area contributed by atoms with Gasteiger partial charge >= 0.3 is 0 Å². The number of hydrogen-bond acceptors (Lipinski definition) is 2. The number of rotatable bonds is 5. The van der Waals surface area contributed by atoms with E-state index in [0.717, 1.165) is 18.7 Å². The third kappa shape index (κ3) is 3.63. The van der Waals surface area contributed by atoms with Crippen LogP contribution in [-0.4, -0.2) is 19.6 Å². The van der Waals surface area contributed by atoms with Crippen LogP contribution in [0.2, 0.25) is 10.0 Å². The topological polar surface area (TPSA) is 38.0 Å². The summed E-state index contributed by atoms with van der Waals surface area (Å²) in [6, 6.07) is 5.63. The zero-order chi connectivity index (χ0) is 12.2. The van der Waals surface area contributed by atoms with E-state index in [1.807, 2.05) is 12.1 Å². The Morgan fingerprint density at radius 2 is 2.00 bits per heavy atom. The van der Waals surface area contributed by atoms with Crippen molar-refractivity contribution in [3.8, 4) is 0 Å². The first-order chi connectivity index (χ1) is 7.47. The second kappa shape index (κ2) is 5.87. The molecule has 90 valence electrons. The molecule has 1 aromatic rings. The average Bonchev–Trinajstić information content (AvgIpc) is 2.17. The highest BCUT2D eigenvalue weighted by molar-refractivity contribution is 6.35. The fraction of sp³-hybridized carbons (Fsp3) is 0.500. The van der Waals surface area contributed by atoms with Gasteiger partial charge in [0.1, 0.15) is 0 Å². The molecular weight excluding hydrogens is 243 g/mol. The highest BCUT2D eigenvalue weighted by Gasteiger charge is 2.22. The van der Waals surface area contributed by atoms with Crippen molar-refractivity contribution in [3.05, 3.63) is 33.8 Å². The van der Waals surface area contributed by atoms with Gasteiger partial charge in [-0.1, -0.05) is 43.1 Å². The van der Waals surface area contributed by atoms with E-state index in [4.69, 9.17) is 28.9 Å². The van der Waals surface area contributed by atoms with Gasteiger partial charge in [-0.25, -0.2) is 0 Å². The second-order valence-corrected chi connectivity index (χ2v) is 5.32. The summed E-state index contributed by atoms with van der Waals surface area (Å²) in [5, 5.41) is 4.68. The number of hydrogen-bond donors (Lipinski definition) is 2. The largest absolute Gasteiger partial charge is 0.329 e. The second-order valence-electron chi connectivity index (χ2n) is 4.47. The minimum Gasteiger partial charge on any atom is -0.329 e. The predicted octanol–water partition coefficient (Wildman–Crippen LogP) is 2.82. The summed E-state index contributed by atoms with van der Waals surface area (Å²) < 4.78 is 0. The Morgan fingerprint density at radius 1 is 1.31 bits per heavy atom. The van der Waals surface area contributed by atoms with Crippen LogP contribution in [0.25, 0.3) is 0 Å². The summed E-state index contributed by atoms with van der Waals surface area (Å²) in [6.45, 7) is 6.59. The lowest BCUT2D eigenvalue weighted by atomic mass is 9.84. The van der Waals surface area contributed by atoms with Gasteiger partial charge in [0.15, 0.2) is 0 Å². The predicted molar refractivity (Wildman–Crippen MR) is 71.4 cm³/mol. The Labute approximate surface area is 107 Å². The number of nitrogens with one attached hydrogen (secondary N) is 1. The first kappa shape index (κ1) is 13.8. The highest BCUT2D eigenvalue weighted by atomic mass is 35.5. The quantitative estimate of drug-likeness (QED) is 0.800. The van der Waals surface area contributed by atoms with Crippen molar-refractivity contribution in [2.45, 2.75) is 19.3 Å². The standard InChI is InChI=1S/C12H18Cl2N2/c1-12(2,8-16-6-5-15)10-4-3-9(13)7-11(10)14/h3-4,7,16H,5-6,8,15H2,1-2H3. The van der Waals surface area contributed by atoms with Crippen LogP contribution in [-0.2, 0) is 5.41 Å². The summed E-state index contributed by atoms with van der Waals surface area (Å²) in [6.07, 6.45) is 0. The molecule has 2 nitrogen and oxygen atoms in total. The Hall–Kier alpha value is -0.280. The smallest absolute Gasteiger partial charge is 0.0458 e. The van der Waals surface area contributed by atoms with Gasteiger partial charge in [0.25, 0.3) is 0 Å². The molecule has 0 atom stereocenters. The third-order valence-corrected chi connectivity index (χ3v) is 3.10. The molecule has 16 heavy (non-hydrogen) atoms. The lowest BCUT2D eigenvalue weighted by Crippen LogP contribution is -2.35. The molecule has 4 heteroatoms. The number of halogens is 2. The molecule has 0 saturated carbocycles. The first-order valence-electron chi connectivity index (χ1n) is 5.33. The van der Waals surface area contributed by atoms with E-state index in [0.29, 0.717) is 16.6 Å². The minimum absolute atomic E-state index is 0.0309. The summed E-state index contributed by atoms with van der Waals surface area (Å²) in [5.41, 5.74) is 6.51. The molecule has 0 radical (unpaired) electrons. The molecule has 0 heterocycles. The van der Waals surface area contributed by atoms with E-state index in [9.17, 15) is 0 Å². The molecule has 0 saturated heterocycles. The Bertz CT molecular complexity index is 351. The summed E-state index contributed by atoms with van der Waals surface area (Å²) in [5.74, 6) is 0. The summed E-state index contributed by atoms with van der Waals surface area (Å²) in [7, 11) is 0. The first-order valence-corrected chi connectivity index (χ1v) is 6.09. The highest BCUT2D eigenvalue weighted by Crippen LogP contribution is 2.31. The van der Waals surface area contributed by atoms with Gasteiger partial charge < -0.3 is 11.1 Å². The van der Waals surface area contributed by atoms with Crippen molar-refractivity contribution in [1.82, 2.24) is 5.32 Å². The van der Waals surface area contributed by atoms with Crippen molar-refractivity contribution >= 4 is 23.2 Å². The van der Waals surface area contributed by atoms with E-state index >= 15 is 0 Å². The van der Waals surface area contributed by atoms with Gasteiger partial charge in [-0.3, -0.25) is 0 Å². The Balaban J connectivity index is 2.80. The van der Waals surface area contributed by atoms with E-state index < -0.39 is 0 Å². The number of nitrogens with two attached hydrogens (primary N) is 1. The van der Waals surface area contributed by atoms with Gasteiger partial charge in [0, 0.05) is 35.1 Å². The molecule has 0 bridgehead atoms. The van der Waals surface area contributed by atoms with Crippen molar-refractivity contribution in [1.29, 1.82) is 0 Å². The van der Waals surface area contributed by atoms with Crippen molar-refractivity contribution in [2.75, 3.05) is 19.6 Å². The molecule has 0 fully saturated rings. The molecule has 0 amide bonds. The van der Waals surface area contributed by atoms with Gasteiger partial charge in [-0.05, 0) is 17.7 Å². The van der Waals surface area contributed by atoms with E-state index in [-0.39, 0.29) is 5.41 Å². The van der Waals surface area contributed by atoms with Crippen LogP contribution in [0.5, 0.6) is 0 Å². The van der Waals surface area contributed by atoms with Crippen LogP contribution in [0, 0.1) is 0 Å². The van der Waals surface area contributed by atoms with Crippen molar-refractivity contribution in [3.63, 3.8) is 0 Å². The molecule has 0 aliphatic carbocycles. The normalized spacial score (nSPS) is 11.8. The van der Waals surface area contributed by atoms with Crippen LogP contribution in [0.15, 0.2) is 18.2 Å². The Morgan fingerprint density at radius 3 is 2.56 bits per heavy atom. The van der Waals surface area contributed by atoms with Crippen LogP contribution in [0.3, 0.4) is 0 Å². The van der Waals surface area contributed by atoms with Crippen LogP contribution < -0.4 is 11.1 Å². The molecule has 0 aromatic heterocycles. The maximum atomic E-state index is 6.19. The lowest BCUT2D eigenvalue weighted by molar-refractivity contribution is 0.473. The molecule has 1 aromatic carbocycles. The molecule has 0 aliphatic heterocycles. The molecule has 0 spiro atoms. The molecule has 1 rings (SSSR count). The van der Waals surface area contributed by atoms with Crippen LogP contribution in [0.1, 0.15) is 19.4 Å². The summed E-state index contributed by atoms with van der Waals surface area (Å²) >= 11 is 12.1. The number of benzene rings is 1. The van der Waals surface area contributed by atoms with Gasteiger partial charge in [-0.15, -0.1) is 0 Å². The maximum Gasteiger partial charge on any atom is 0.0458 e. The van der Waals surface area contributed by atoms with Crippen LogP contribution in [0.4, 0.5) is 0 Å². The zero-order valence-electron chi connectivity index (χ0n) is 9.69. The Kier molecular flexibility index (Phi) is 5.06. The molecule has 3 N–H and O–H groups in total. The lowest BCUT2D eigenvalue weighted by Gasteiger charge is -2.26. The van der Waals surface area contributed by atoms with Gasteiger partial charge in [-0.2, -0.15) is 0 Å². The zero-order valence-corrected chi connectivity index (χ0v) is 11.2. The van der Waals surface area contributed by atoms with Crippen molar-refractivity contribution in [2.24, 2.45) is 5.73 Å². The fourth-order valence-electron chi connectivity index (χ4n) is 1.64. The fourth-order valence-corrected chi connectivity index (χ4v) is 2.30. The molecule has 0 unspecified atom stereocenters. The summed E-state index contributed by atoms with van der Waals surface area (Å²) in [4.78, 5) is 0. The van der Waals surface area contributed by atoms with Crippen molar-refractivity contribution < 1.29 is 0 Å². The van der Waals surface area contributed by atoms with Crippen LogP contribution >= 0.6 is 23.2 Å². The average molecular weight is 261 g/mol. The van der Waals surface area contributed by atoms with Gasteiger partial charge in [0.2, 0.25) is 0 Å². The van der Waals surface area contributed by atoms with E-state index in [2.05, 4.69) is 19.2 Å². The molecule has 0 aliphatic rings. The molecular formula is C12H18Cl2N2. The van der Waals surface area contributed by atoms with Gasteiger partial charge in [0.05, 0.1) is 0 Å². The minimum atomic E-state index is -0.0309. The van der Waals surface area contributed by atoms with E-state index in [1.165, 1.54) is 0 Å². The maximum absolute atomic E-state index is 6.19.